The molecular weight excluding hydrogens is 384 g/mol. The molecule has 0 saturated heterocycles. The molecule has 5 nitrogen and oxygen atoms in total. The van der Waals surface area contributed by atoms with Gasteiger partial charge in [0.2, 0.25) is 0 Å². The molecule has 0 saturated carbocycles. The van der Waals surface area contributed by atoms with Gasteiger partial charge in [-0.2, -0.15) is 0 Å². The summed E-state index contributed by atoms with van der Waals surface area (Å²) in [5.74, 6) is 2.13. The van der Waals surface area contributed by atoms with Crippen LogP contribution in [-0.2, 0) is 19.6 Å². The molecule has 1 aromatic heterocycles. The number of amides is 2. The summed E-state index contributed by atoms with van der Waals surface area (Å²) in [4.78, 5) is 22.4. The van der Waals surface area contributed by atoms with Gasteiger partial charge >= 0.3 is 6.03 Å². The van der Waals surface area contributed by atoms with Crippen LogP contribution in [0.15, 0.2) is 48.5 Å². The summed E-state index contributed by atoms with van der Waals surface area (Å²) in [7, 11) is 0. The van der Waals surface area contributed by atoms with Crippen LogP contribution in [0.3, 0.4) is 0 Å². The van der Waals surface area contributed by atoms with Gasteiger partial charge in [-0.3, -0.25) is 4.90 Å². The van der Waals surface area contributed by atoms with E-state index < -0.39 is 0 Å². The third-order valence-electron chi connectivity index (χ3n) is 6.08. The molecule has 2 aromatic carbocycles. The fourth-order valence-electron chi connectivity index (χ4n) is 4.22. The average molecular weight is 419 g/mol. The van der Waals surface area contributed by atoms with Crippen LogP contribution in [0.5, 0.6) is 0 Å². The molecule has 0 unspecified atom stereocenters. The molecule has 2 amide bonds. The summed E-state index contributed by atoms with van der Waals surface area (Å²) >= 11 is 0. The molecule has 1 aliphatic rings. The Morgan fingerprint density at radius 3 is 2.35 bits per heavy atom. The lowest BCUT2D eigenvalue weighted by Gasteiger charge is -2.37. The maximum absolute atomic E-state index is 13.5. The average Bonchev–Trinajstić information content (AvgIpc) is 3.10. The van der Waals surface area contributed by atoms with E-state index in [2.05, 4.69) is 68.7 Å². The Kier molecular flexibility index (Phi) is 6.30. The smallest absolute Gasteiger partial charge is 0.325 e. The van der Waals surface area contributed by atoms with Gasteiger partial charge in [-0.25, -0.2) is 9.78 Å². The SMILES string of the molecule is CC(C)CCN1Cc2ccccc2N(Cc2nc3ccccc3n2CCC(C)C)C1=O. The van der Waals surface area contributed by atoms with Crippen LogP contribution in [0.1, 0.15) is 51.9 Å². The second-order valence-corrected chi connectivity index (χ2v) is 9.45. The van der Waals surface area contributed by atoms with Crippen LogP contribution >= 0.6 is 0 Å². The maximum atomic E-state index is 13.5. The third-order valence-corrected chi connectivity index (χ3v) is 6.08. The predicted molar refractivity (Wildman–Crippen MR) is 127 cm³/mol. The Morgan fingerprint density at radius 1 is 0.903 bits per heavy atom. The summed E-state index contributed by atoms with van der Waals surface area (Å²) in [5.41, 5.74) is 4.36. The Morgan fingerprint density at radius 2 is 1.58 bits per heavy atom. The lowest BCUT2D eigenvalue weighted by Crippen LogP contribution is -2.47. The number of aromatic nitrogens is 2. The fraction of sp³-hybridized carbons (Fsp3) is 0.462. The summed E-state index contributed by atoms with van der Waals surface area (Å²) in [6.07, 6.45) is 2.09. The first kappa shape index (κ1) is 21.4. The van der Waals surface area contributed by atoms with Crippen molar-refractivity contribution in [2.45, 2.75) is 60.2 Å². The molecule has 0 fully saturated rings. The fourth-order valence-corrected chi connectivity index (χ4v) is 4.22. The summed E-state index contributed by atoms with van der Waals surface area (Å²) in [5, 5.41) is 0. The highest BCUT2D eigenvalue weighted by Gasteiger charge is 2.31. The molecule has 31 heavy (non-hydrogen) atoms. The quantitative estimate of drug-likeness (QED) is 0.445. The number of fused-ring (bicyclic) bond motifs is 2. The Hall–Kier alpha value is -2.82. The van der Waals surface area contributed by atoms with Gasteiger partial charge in [0.1, 0.15) is 5.82 Å². The molecule has 5 heteroatoms. The highest BCUT2D eigenvalue weighted by atomic mass is 16.2. The number of rotatable bonds is 8. The monoisotopic (exact) mass is 418 g/mol. The molecule has 0 N–H and O–H groups in total. The standard InChI is InChI=1S/C26H34N4O/c1-19(2)13-15-28-17-21-9-5-7-11-23(21)30(26(28)31)18-25-27-22-10-6-8-12-24(22)29(25)16-14-20(3)4/h5-12,19-20H,13-18H2,1-4H3. The van der Waals surface area contributed by atoms with E-state index in [1.165, 1.54) is 5.56 Å². The van der Waals surface area contributed by atoms with Crippen LogP contribution in [0.2, 0.25) is 0 Å². The number of urea groups is 1. The summed E-state index contributed by atoms with van der Waals surface area (Å²) in [6, 6.07) is 16.7. The number of hydrogen-bond donors (Lipinski definition) is 0. The number of para-hydroxylation sites is 3. The van der Waals surface area contributed by atoms with E-state index in [0.717, 1.165) is 48.5 Å². The van der Waals surface area contributed by atoms with E-state index in [0.29, 0.717) is 24.9 Å². The number of benzene rings is 2. The van der Waals surface area contributed by atoms with Crippen molar-refractivity contribution in [2.24, 2.45) is 11.8 Å². The molecule has 4 rings (SSSR count). The molecule has 164 valence electrons. The number of nitrogens with zero attached hydrogens (tertiary/aromatic N) is 4. The minimum atomic E-state index is 0.0850. The predicted octanol–water partition coefficient (Wildman–Crippen LogP) is 6.07. The van der Waals surface area contributed by atoms with E-state index in [4.69, 9.17) is 4.98 Å². The lowest BCUT2D eigenvalue weighted by atomic mass is 10.1. The number of carbonyl (C=O) groups excluding carboxylic acids is 1. The normalized spacial score (nSPS) is 14.2. The number of anilines is 1. The molecule has 0 aliphatic carbocycles. The van der Waals surface area contributed by atoms with E-state index >= 15 is 0 Å². The van der Waals surface area contributed by atoms with E-state index in [-0.39, 0.29) is 6.03 Å². The lowest BCUT2D eigenvalue weighted by molar-refractivity contribution is 0.194. The van der Waals surface area contributed by atoms with Gasteiger partial charge in [-0.15, -0.1) is 0 Å². The van der Waals surface area contributed by atoms with Crippen LogP contribution in [0.25, 0.3) is 11.0 Å². The zero-order chi connectivity index (χ0) is 22.0. The topological polar surface area (TPSA) is 41.4 Å². The van der Waals surface area contributed by atoms with Crippen molar-refractivity contribution in [3.05, 3.63) is 59.9 Å². The first-order chi connectivity index (χ1) is 14.9. The highest BCUT2D eigenvalue weighted by Crippen LogP contribution is 2.31. The van der Waals surface area contributed by atoms with Crippen LogP contribution in [0, 0.1) is 11.8 Å². The van der Waals surface area contributed by atoms with Crippen LogP contribution in [0.4, 0.5) is 10.5 Å². The second kappa shape index (κ2) is 9.13. The van der Waals surface area contributed by atoms with Crippen molar-refractivity contribution in [3.8, 4) is 0 Å². The minimum Gasteiger partial charge on any atom is -0.326 e. The number of aryl methyl sites for hydroxylation is 1. The molecular formula is C26H34N4O. The van der Waals surface area contributed by atoms with E-state index in [1.807, 2.05) is 21.9 Å². The molecule has 3 aromatic rings. The zero-order valence-corrected chi connectivity index (χ0v) is 19.2. The van der Waals surface area contributed by atoms with Gasteiger partial charge in [-0.1, -0.05) is 58.0 Å². The van der Waals surface area contributed by atoms with Crippen molar-refractivity contribution >= 4 is 22.8 Å². The summed E-state index contributed by atoms with van der Waals surface area (Å²) in [6.45, 7) is 11.8. The van der Waals surface area contributed by atoms with Crippen molar-refractivity contribution < 1.29 is 4.79 Å². The van der Waals surface area contributed by atoms with Crippen molar-refractivity contribution in [1.82, 2.24) is 14.5 Å². The molecule has 1 aliphatic heterocycles. The molecule has 0 spiro atoms. The number of carbonyl (C=O) groups is 1. The Bertz CT molecular complexity index is 1050. The van der Waals surface area contributed by atoms with E-state index in [1.54, 1.807) is 0 Å². The Balaban J connectivity index is 1.69. The zero-order valence-electron chi connectivity index (χ0n) is 19.2. The van der Waals surface area contributed by atoms with Gasteiger partial charge in [-0.05, 0) is 48.4 Å². The third kappa shape index (κ3) is 4.60. The molecule has 0 bridgehead atoms. The van der Waals surface area contributed by atoms with Gasteiger partial charge < -0.3 is 9.47 Å². The molecule has 0 atom stereocenters. The van der Waals surface area contributed by atoms with Crippen LogP contribution in [-0.4, -0.2) is 27.0 Å². The molecule has 0 radical (unpaired) electrons. The van der Waals surface area contributed by atoms with Gasteiger partial charge in [0, 0.05) is 19.6 Å². The molecule has 2 heterocycles. The second-order valence-electron chi connectivity index (χ2n) is 9.45. The number of hydrogen-bond acceptors (Lipinski definition) is 2. The highest BCUT2D eigenvalue weighted by molar-refractivity contribution is 5.94. The Labute approximate surface area is 185 Å². The van der Waals surface area contributed by atoms with Crippen molar-refractivity contribution in [3.63, 3.8) is 0 Å². The van der Waals surface area contributed by atoms with Crippen molar-refractivity contribution in [1.29, 1.82) is 0 Å². The number of imidazole rings is 1. The van der Waals surface area contributed by atoms with Gasteiger partial charge in [0.25, 0.3) is 0 Å². The summed E-state index contributed by atoms with van der Waals surface area (Å²) < 4.78 is 2.30. The van der Waals surface area contributed by atoms with E-state index in [9.17, 15) is 4.79 Å². The maximum Gasteiger partial charge on any atom is 0.325 e. The first-order valence-corrected chi connectivity index (χ1v) is 11.5. The minimum absolute atomic E-state index is 0.0850. The van der Waals surface area contributed by atoms with Crippen molar-refractivity contribution in [2.75, 3.05) is 11.4 Å². The largest absolute Gasteiger partial charge is 0.326 e. The van der Waals surface area contributed by atoms with Crippen LogP contribution < -0.4 is 4.90 Å². The van der Waals surface area contributed by atoms with Gasteiger partial charge in [0.15, 0.2) is 0 Å². The van der Waals surface area contributed by atoms with Gasteiger partial charge in [0.05, 0.1) is 23.3 Å². The first-order valence-electron chi connectivity index (χ1n) is 11.5.